The van der Waals surface area contributed by atoms with Gasteiger partial charge in [0.05, 0.1) is 0 Å². The molecule has 1 aromatic carbocycles. The Hall–Kier alpha value is -2.04. The highest BCUT2D eigenvalue weighted by Crippen LogP contribution is 2.20. The Morgan fingerprint density at radius 2 is 2.27 bits per heavy atom. The largest absolute Gasteiger partial charge is 0.331 e. The van der Waals surface area contributed by atoms with E-state index in [1.54, 1.807) is 13.0 Å². The third-order valence-corrected chi connectivity index (χ3v) is 1.98. The van der Waals surface area contributed by atoms with E-state index in [0.717, 1.165) is 5.56 Å². The maximum Gasteiger partial charge on any atom is 0.291 e. The monoisotopic (exact) mass is 206 g/mol. The minimum atomic E-state index is -0.381. The molecule has 0 aliphatic carbocycles. The van der Waals surface area contributed by atoms with Crippen LogP contribution in [0.3, 0.4) is 0 Å². The third kappa shape index (κ3) is 1.76. The standard InChI is InChI=1S/C10H7FN2O2/c1-6-2-3-7(11)4-8(6)10-12-9(5-14)15-13-10/h2-5H,1H3. The molecule has 2 rings (SSSR count). The number of aromatic nitrogens is 2. The SMILES string of the molecule is Cc1ccc(F)cc1-c1noc(C=O)n1. The van der Waals surface area contributed by atoms with Gasteiger partial charge in [0.15, 0.2) is 0 Å². The fourth-order valence-corrected chi connectivity index (χ4v) is 1.23. The predicted molar refractivity (Wildman–Crippen MR) is 49.8 cm³/mol. The molecule has 0 spiro atoms. The van der Waals surface area contributed by atoms with Crippen molar-refractivity contribution in [2.75, 3.05) is 0 Å². The van der Waals surface area contributed by atoms with Gasteiger partial charge in [0.1, 0.15) is 5.82 Å². The van der Waals surface area contributed by atoms with Crippen molar-refractivity contribution in [1.82, 2.24) is 10.1 Å². The number of rotatable bonds is 2. The second-order valence-corrected chi connectivity index (χ2v) is 3.03. The van der Waals surface area contributed by atoms with E-state index in [1.165, 1.54) is 12.1 Å². The Morgan fingerprint density at radius 3 is 2.93 bits per heavy atom. The first-order chi connectivity index (χ1) is 7.20. The number of halogens is 1. The van der Waals surface area contributed by atoms with Crippen molar-refractivity contribution in [3.05, 3.63) is 35.5 Å². The highest BCUT2D eigenvalue weighted by molar-refractivity contribution is 5.69. The molecule has 0 bridgehead atoms. The van der Waals surface area contributed by atoms with Crippen molar-refractivity contribution in [3.8, 4) is 11.4 Å². The summed E-state index contributed by atoms with van der Waals surface area (Å²) in [6.45, 7) is 1.80. The third-order valence-electron chi connectivity index (χ3n) is 1.98. The molecule has 76 valence electrons. The number of carbonyl (C=O) groups is 1. The van der Waals surface area contributed by atoms with Crippen LogP contribution in [0.1, 0.15) is 16.2 Å². The highest BCUT2D eigenvalue weighted by atomic mass is 19.1. The van der Waals surface area contributed by atoms with E-state index in [1.807, 2.05) is 0 Å². The zero-order valence-corrected chi connectivity index (χ0v) is 7.90. The van der Waals surface area contributed by atoms with Crippen molar-refractivity contribution in [1.29, 1.82) is 0 Å². The molecule has 2 aromatic rings. The van der Waals surface area contributed by atoms with Crippen molar-refractivity contribution in [3.63, 3.8) is 0 Å². The summed E-state index contributed by atoms with van der Waals surface area (Å²) in [5, 5.41) is 3.58. The summed E-state index contributed by atoms with van der Waals surface area (Å²) in [6.07, 6.45) is 0.450. The molecular formula is C10H7FN2O2. The first-order valence-electron chi connectivity index (χ1n) is 4.26. The van der Waals surface area contributed by atoms with Gasteiger partial charge < -0.3 is 4.52 Å². The van der Waals surface area contributed by atoms with Gasteiger partial charge in [0, 0.05) is 5.56 Å². The molecule has 1 heterocycles. The lowest BCUT2D eigenvalue weighted by molar-refractivity contribution is 0.108. The summed E-state index contributed by atoms with van der Waals surface area (Å²) in [4.78, 5) is 14.1. The zero-order chi connectivity index (χ0) is 10.8. The highest BCUT2D eigenvalue weighted by Gasteiger charge is 2.10. The summed E-state index contributed by atoms with van der Waals surface area (Å²) >= 11 is 0. The van der Waals surface area contributed by atoms with Crippen LogP contribution in [0.2, 0.25) is 0 Å². The molecule has 15 heavy (non-hydrogen) atoms. The van der Waals surface area contributed by atoms with Crippen LogP contribution in [0, 0.1) is 12.7 Å². The van der Waals surface area contributed by atoms with Crippen molar-refractivity contribution in [2.24, 2.45) is 0 Å². The van der Waals surface area contributed by atoms with E-state index < -0.39 is 0 Å². The van der Waals surface area contributed by atoms with E-state index in [2.05, 4.69) is 14.7 Å². The number of hydrogen-bond donors (Lipinski definition) is 0. The number of hydrogen-bond acceptors (Lipinski definition) is 4. The minimum absolute atomic E-state index is 0.117. The van der Waals surface area contributed by atoms with Gasteiger partial charge in [-0.3, -0.25) is 4.79 Å². The van der Waals surface area contributed by atoms with Gasteiger partial charge in [-0.05, 0) is 24.6 Å². The molecule has 0 amide bonds. The number of aldehydes is 1. The molecule has 0 aliphatic heterocycles. The smallest absolute Gasteiger partial charge is 0.291 e. The average molecular weight is 206 g/mol. The Morgan fingerprint density at radius 1 is 1.47 bits per heavy atom. The fourth-order valence-electron chi connectivity index (χ4n) is 1.23. The van der Waals surface area contributed by atoms with Gasteiger partial charge in [-0.25, -0.2) is 4.39 Å². The Balaban J connectivity index is 2.52. The Kier molecular flexibility index (Phi) is 2.29. The van der Waals surface area contributed by atoms with E-state index in [0.29, 0.717) is 11.8 Å². The van der Waals surface area contributed by atoms with Gasteiger partial charge in [0.2, 0.25) is 12.1 Å². The molecule has 0 saturated carbocycles. The van der Waals surface area contributed by atoms with Crippen LogP contribution >= 0.6 is 0 Å². The number of nitrogens with zero attached hydrogens (tertiary/aromatic N) is 2. The van der Waals surface area contributed by atoms with Crippen LogP contribution in [0.15, 0.2) is 22.7 Å². The lowest BCUT2D eigenvalue weighted by Crippen LogP contribution is -1.87. The second-order valence-electron chi connectivity index (χ2n) is 3.03. The predicted octanol–water partition coefficient (Wildman–Crippen LogP) is 2.00. The van der Waals surface area contributed by atoms with Gasteiger partial charge in [-0.15, -0.1) is 0 Å². The summed E-state index contributed by atoms with van der Waals surface area (Å²) in [7, 11) is 0. The van der Waals surface area contributed by atoms with Crippen molar-refractivity contribution < 1.29 is 13.7 Å². The molecule has 0 aliphatic rings. The van der Waals surface area contributed by atoms with Crippen molar-refractivity contribution in [2.45, 2.75) is 6.92 Å². The van der Waals surface area contributed by atoms with Gasteiger partial charge in [-0.2, -0.15) is 4.98 Å². The van der Waals surface area contributed by atoms with Gasteiger partial charge in [0.25, 0.3) is 5.89 Å². The molecule has 0 fully saturated rings. The first-order valence-corrected chi connectivity index (χ1v) is 4.26. The normalized spacial score (nSPS) is 10.3. The quantitative estimate of drug-likeness (QED) is 0.705. The first kappa shape index (κ1) is 9.51. The zero-order valence-electron chi connectivity index (χ0n) is 7.90. The summed E-state index contributed by atoms with van der Waals surface area (Å²) in [5.41, 5.74) is 1.33. The van der Waals surface area contributed by atoms with Crippen LogP contribution < -0.4 is 0 Å². The topological polar surface area (TPSA) is 56.0 Å². The van der Waals surface area contributed by atoms with Crippen LogP contribution in [0.4, 0.5) is 4.39 Å². The average Bonchev–Trinajstić information content (AvgIpc) is 2.70. The molecule has 4 nitrogen and oxygen atoms in total. The van der Waals surface area contributed by atoms with E-state index in [-0.39, 0.29) is 17.5 Å². The molecular weight excluding hydrogens is 199 g/mol. The van der Waals surface area contributed by atoms with Crippen LogP contribution in [-0.4, -0.2) is 16.4 Å². The van der Waals surface area contributed by atoms with Gasteiger partial charge >= 0.3 is 0 Å². The molecule has 0 N–H and O–H groups in total. The fraction of sp³-hybridized carbons (Fsp3) is 0.100. The van der Waals surface area contributed by atoms with E-state index in [4.69, 9.17) is 0 Å². The minimum Gasteiger partial charge on any atom is -0.331 e. The van der Waals surface area contributed by atoms with E-state index in [9.17, 15) is 9.18 Å². The second kappa shape index (κ2) is 3.61. The maximum atomic E-state index is 13.0. The number of carbonyl (C=O) groups excluding carboxylic acids is 1. The molecule has 5 heteroatoms. The molecule has 0 atom stereocenters. The summed E-state index contributed by atoms with van der Waals surface area (Å²) < 4.78 is 17.6. The van der Waals surface area contributed by atoms with Crippen LogP contribution in [-0.2, 0) is 0 Å². The summed E-state index contributed by atoms with van der Waals surface area (Å²) in [6, 6.07) is 4.26. The van der Waals surface area contributed by atoms with Gasteiger partial charge in [-0.1, -0.05) is 11.2 Å². The maximum absolute atomic E-state index is 13.0. The number of aryl methyl sites for hydroxylation is 1. The molecule has 0 unspecified atom stereocenters. The lowest BCUT2D eigenvalue weighted by atomic mass is 10.1. The van der Waals surface area contributed by atoms with Crippen LogP contribution in [0.5, 0.6) is 0 Å². The molecule has 0 radical (unpaired) electrons. The molecule has 1 aromatic heterocycles. The van der Waals surface area contributed by atoms with Crippen LogP contribution in [0.25, 0.3) is 11.4 Å². The number of benzene rings is 1. The Labute approximate surface area is 84.7 Å². The van der Waals surface area contributed by atoms with Crippen molar-refractivity contribution >= 4 is 6.29 Å². The summed E-state index contributed by atoms with van der Waals surface area (Å²) in [5.74, 6) is -0.282. The lowest BCUT2D eigenvalue weighted by Gasteiger charge is -1.99. The van der Waals surface area contributed by atoms with E-state index >= 15 is 0 Å². The Bertz CT molecular complexity index is 508. The molecule has 0 saturated heterocycles.